The third kappa shape index (κ3) is 3.67. The number of benzene rings is 2. The van der Waals surface area contributed by atoms with Gasteiger partial charge in [-0.2, -0.15) is 8.78 Å². The molecule has 2 rings (SSSR count). The lowest BCUT2D eigenvalue weighted by molar-refractivity contribution is -0.0494. The van der Waals surface area contributed by atoms with E-state index >= 15 is 0 Å². The van der Waals surface area contributed by atoms with Crippen LogP contribution in [0.4, 0.5) is 8.78 Å². The maximum atomic E-state index is 12.4. The summed E-state index contributed by atoms with van der Waals surface area (Å²) < 4.78 is 29.4. The van der Waals surface area contributed by atoms with Gasteiger partial charge in [-0.25, -0.2) is 0 Å². The highest BCUT2D eigenvalue weighted by molar-refractivity contribution is 9.08. The topological polar surface area (TPSA) is 9.23 Å². The van der Waals surface area contributed by atoms with Crippen LogP contribution in [0, 0.1) is 0 Å². The molecule has 0 amide bonds. The van der Waals surface area contributed by atoms with E-state index in [1.54, 1.807) is 42.5 Å². The van der Waals surface area contributed by atoms with Crippen LogP contribution in [0.25, 0.3) is 11.1 Å². The van der Waals surface area contributed by atoms with E-state index in [0.717, 1.165) is 11.1 Å². The second kappa shape index (κ2) is 6.35. The van der Waals surface area contributed by atoms with Gasteiger partial charge < -0.3 is 4.74 Å². The fraction of sp³-hybridized carbons (Fsp3) is 0.143. The third-order valence-corrected chi connectivity index (χ3v) is 3.43. The van der Waals surface area contributed by atoms with Gasteiger partial charge in [-0.05, 0) is 35.4 Å². The number of hydrogen-bond acceptors (Lipinski definition) is 1. The molecule has 1 nitrogen and oxygen atoms in total. The number of alkyl halides is 3. The minimum absolute atomic E-state index is 0.141. The summed E-state index contributed by atoms with van der Waals surface area (Å²) in [6.07, 6.45) is 0. The van der Waals surface area contributed by atoms with Crippen LogP contribution in [0.1, 0.15) is 5.56 Å². The van der Waals surface area contributed by atoms with Gasteiger partial charge in [0.15, 0.2) is 0 Å². The van der Waals surface area contributed by atoms with Crippen LogP contribution in [0.3, 0.4) is 0 Å². The lowest BCUT2D eigenvalue weighted by atomic mass is 10.0. The third-order valence-electron chi connectivity index (χ3n) is 2.55. The molecular weight excluding hydrogens is 338 g/mol. The Kier molecular flexibility index (Phi) is 4.77. The lowest BCUT2D eigenvalue weighted by Crippen LogP contribution is -2.03. The molecule has 2 aromatic carbocycles. The SMILES string of the molecule is FC(F)Oc1ccc(CBr)cc1-c1cccc(Cl)c1. The van der Waals surface area contributed by atoms with Crippen molar-refractivity contribution in [1.29, 1.82) is 0 Å². The molecule has 0 unspecified atom stereocenters. The molecule has 19 heavy (non-hydrogen) atoms. The Balaban J connectivity index is 2.51. The molecule has 0 radical (unpaired) electrons. The summed E-state index contributed by atoms with van der Waals surface area (Å²) in [6, 6.07) is 12.1. The molecule has 0 atom stereocenters. The normalized spacial score (nSPS) is 10.8. The first-order valence-corrected chi connectivity index (χ1v) is 6.99. The quantitative estimate of drug-likeness (QED) is 0.663. The van der Waals surface area contributed by atoms with Crippen molar-refractivity contribution in [1.82, 2.24) is 0 Å². The summed E-state index contributed by atoms with van der Waals surface area (Å²) in [7, 11) is 0. The van der Waals surface area contributed by atoms with Crippen molar-refractivity contribution in [2.75, 3.05) is 0 Å². The van der Waals surface area contributed by atoms with Gasteiger partial charge in [-0.15, -0.1) is 0 Å². The smallest absolute Gasteiger partial charge is 0.387 e. The van der Waals surface area contributed by atoms with Gasteiger partial charge in [0.05, 0.1) is 0 Å². The first-order chi connectivity index (χ1) is 9.10. The van der Waals surface area contributed by atoms with Crippen molar-refractivity contribution >= 4 is 27.5 Å². The number of ether oxygens (including phenoxy) is 1. The summed E-state index contributed by atoms with van der Waals surface area (Å²) >= 11 is 9.27. The molecule has 5 heteroatoms. The van der Waals surface area contributed by atoms with Crippen LogP contribution in [0.2, 0.25) is 5.02 Å². The van der Waals surface area contributed by atoms with Gasteiger partial charge in [0.25, 0.3) is 0 Å². The molecular formula is C14H10BrClF2O. The molecule has 0 aliphatic heterocycles. The summed E-state index contributed by atoms with van der Waals surface area (Å²) in [5.41, 5.74) is 2.31. The van der Waals surface area contributed by atoms with Crippen molar-refractivity contribution in [3.05, 3.63) is 53.1 Å². The average molecular weight is 348 g/mol. The van der Waals surface area contributed by atoms with Gasteiger partial charge in [0.1, 0.15) is 5.75 Å². The van der Waals surface area contributed by atoms with E-state index in [1.165, 1.54) is 0 Å². The van der Waals surface area contributed by atoms with Crippen LogP contribution < -0.4 is 4.74 Å². The Morgan fingerprint density at radius 2 is 1.95 bits per heavy atom. The fourth-order valence-corrected chi connectivity index (χ4v) is 2.28. The molecule has 0 aromatic heterocycles. The highest BCUT2D eigenvalue weighted by Crippen LogP contribution is 2.33. The van der Waals surface area contributed by atoms with Crippen molar-refractivity contribution in [2.24, 2.45) is 0 Å². The Bertz CT molecular complexity index is 575. The molecule has 0 spiro atoms. The Morgan fingerprint density at radius 3 is 2.58 bits per heavy atom. The highest BCUT2D eigenvalue weighted by atomic mass is 79.9. The van der Waals surface area contributed by atoms with E-state index in [0.29, 0.717) is 15.9 Å². The molecule has 0 saturated carbocycles. The van der Waals surface area contributed by atoms with Crippen LogP contribution >= 0.6 is 27.5 Å². The van der Waals surface area contributed by atoms with Crippen LogP contribution in [0.15, 0.2) is 42.5 Å². The van der Waals surface area contributed by atoms with E-state index in [9.17, 15) is 8.78 Å². The Hall–Kier alpha value is -1.13. The predicted molar refractivity (Wildman–Crippen MR) is 76.2 cm³/mol. The van der Waals surface area contributed by atoms with Gasteiger partial charge in [-0.3, -0.25) is 0 Å². The average Bonchev–Trinajstić information content (AvgIpc) is 2.38. The number of hydrogen-bond donors (Lipinski definition) is 0. The summed E-state index contributed by atoms with van der Waals surface area (Å²) in [4.78, 5) is 0. The summed E-state index contributed by atoms with van der Waals surface area (Å²) in [6.45, 7) is -2.85. The Labute approximate surface area is 123 Å². The lowest BCUT2D eigenvalue weighted by Gasteiger charge is -2.12. The number of rotatable bonds is 4. The van der Waals surface area contributed by atoms with Crippen LogP contribution in [0.5, 0.6) is 5.75 Å². The van der Waals surface area contributed by atoms with Crippen LogP contribution in [-0.4, -0.2) is 6.61 Å². The largest absolute Gasteiger partial charge is 0.434 e. The van der Waals surface area contributed by atoms with E-state index in [1.807, 2.05) is 0 Å². The molecule has 0 aliphatic rings. The second-order valence-corrected chi connectivity index (χ2v) is 4.85. The minimum atomic E-state index is -2.85. The van der Waals surface area contributed by atoms with Gasteiger partial charge in [-0.1, -0.05) is 45.7 Å². The van der Waals surface area contributed by atoms with E-state index < -0.39 is 6.61 Å². The van der Waals surface area contributed by atoms with Crippen molar-refractivity contribution < 1.29 is 13.5 Å². The van der Waals surface area contributed by atoms with E-state index in [-0.39, 0.29) is 5.75 Å². The van der Waals surface area contributed by atoms with Crippen molar-refractivity contribution in [3.8, 4) is 16.9 Å². The first kappa shape index (κ1) is 14.3. The molecule has 2 aromatic rings. The molecule has 100 valence electrons. The monoisotopic (exact) mass is 346 g/mol. The molecule has 0 bridgehead atoms. The van der Waals surface area contributed by atoms with E-state index in [2.05, 4.69) is 20.7 Å². The zero-order valence-electron chi connectivity index (χ0n) is 9.75. The van der Waals surface area contributed by atoms with E-state index in [4.69, 9.17) is 11.6 Å². The number of halogens is 4. The summed E-state index contributed by atoms with van der Waals surface area (Å²) in [5, 5.41) is 1.18. The highest BCUT2D eigenvalue weighted by Gasteiger charge is 2.12. The van der Waals surface area contributed by atoms with Crippen molar-refractivity contribution in [2.45, 2.75) is 11.9 Å². The maximum Gasteiger partial charge on any atom is 0.387 e. The standard InChI is InChI=1S/C14H10BrClF2O/c15-8-9-4-5-13(19-14(17)18)12(6-9)10-2-1-3-11(16)7-10/h1-7,14H,8H2. The van der Waals surface area contributed by atoms with Crippen LogP contribution in [-0.2, 0) is 5.33 Å². The predicted octanol–water partition coefficient (Wildman–Crippen LogP) is 5.50. The zero-order chi connectivity index (χ0) is 13.8. The van der Waals surface area contributed by atoms with Gasteiger partial charge >= 0.3 is 6.61 Å². The molecule has 0 fully saturated rings. The molecule has 0 saturated heterocycles. The minimum Gasteiger partial charge on any atom is -0.434 e. The Morgan fingerprint density at radius 1 is 1.16 bits per heavy atom. The summed E-state index contributed by atoms with van der Waals surface area (Å²) in [5.74, 6) is 0.141. The fourth-order valence-electron chi connectivity index (χ4n) is 1.74. The molecule has 0 aliphatic carbocycles. The first-order valence-electron chi connectivity index (χ1n) is 5.50. The van der Waals surface area contributed by atoms with Gasteiger partial charge in [0, 0.05) is 15.9 Å². The zero-order valence-corrected chi connectivity index (χ0v) is 12.1. The van der Waals surface area contributed by atoms with Crippen molar-refractivity contribution in [3.63, 3.8) is 0 Å². The van der Waals surface area contributed by atoms with Gasteiger partial charge in [0.2, 0.25) is 0 Å². The second-order valence-electron chi connectivity index (χ2n) is 3.85. The maximum absolute atomic E-state index is 12.4. The molecule has 0 N–H and O–H groups in total. The molecule has 0 heterocycles.